The second kappa shape index (κ2) is 6.14. The standard InChI is InChI=1S/C13H15F2N3O/c1-4-18(8-12(19)17(2)3)13-10(14)5-9(7-16)6-11(13)15/h5-6H,4,8H2,1-3H3. The van der Waals surface area contributed by atoms with E-state index >= 15 is 0 Å². The molecule has 0 saturated carbocycles. The van der Waals surface area contributed by atoms with Crippen LogP contribution in [0.1, 0.15) is 12.5 Å². The number of carbonyl (C=O) groups excluding carboxylic acids is 1. The van der Waals surface area contributed by atoms with Gasteiger partial charge >= 0.3 is 0 Å². The van der Waals surface area contributed by atoms with Crippen molar-refractivity contribution >= 4 is 11.6 Å². The van der Waals surface area contributed by atoms with E-state index in [1.165, 1.54) is 9.80 Å². The van der Waals surface area contributed by atoms with Crippen LogP contribution in [0, 0.1) is 23.0 Å². The van der Waals surface area contributed by atoms with E-state index in [-0.39, 0.29) is 30.2 Å². The quantitative estimate of drug-likeness (QED) is 0.835. The van der Waals surface area contributed by atoms with Crippen LogP contribution in [0.25, 0.3) is 0 Å². The summed E-state index contributed by atoms with van der Waals surface area (Å²) in [5, 5.41) is 8.63. The van der Waals surface area contributed by atoms with E-state index in [1.54, 1.807) is 27.1 Å². The highest BCUT2D eigenvalue weighted by molar-refractivity contribution is 5.81. The molecule has 0 fully saturated rings. The average molecular weight is 267 g/mol. The maximum absolute atomic E-state index is 13.8. The maximum atomic E-state index is 13.8. The molecular formula is C13H15F2N3O. The number of hydrogen-bond acceptors (Lipinski definition) is 3. The Hall–Kier alpha value is -2.16. The number of likely N-dealkylation sites (N-methyl/N-ethyl adjacent to an activating group) is 2. The molecule has 0 aliphatic heterocycles. The smallest absolute Gasteiger partial charge is 0.241 e. The van der Waals surface area contributed by atoms with Gasteiger partial charge in [0.05, 0.1) is 18.2 Å². The Morgan fingerprint density at radius 3 is 2.21 bits per heavy atom. The molecule has 102 valence electrons. The summed E-state index contributed by atoms with van der Waals surface area (Å²) >= 11 is 0. The summed E-state index contributed by atoms with van der Waals surface area (Å²) in [5.41, 5.74) is -0.370. The number of halogens is 2. The van der Waals surface area contributed by atoms with E-state index in [0.717, 1.165) is 12.1 Å². The second-order valence-electron chi connectivity index (χ2n) is 4.20. The molecule has 6 heteroatoms. The minimum absolute atomic E-state index is 0.0891. The molecule has 0 spiro atoms. The van der Waals surface area contributed by atoms with Crippen molar-refractivity contribution in [1.82, 2.24) is 4.90 Å². The van der Waals surface area contributed by atoms with Gasteiger partial charge in [0, 0.05) is 20.6 Å². The SMILES string of the molecule is CCN(CC(=O)N(C)C)c1c(F)cc(C#N)cc1F. The lowest BCUT2D eigenvalue weighted by molar-refractivity contribution is -0.127. The molecule has 1 rings (SSSR count). The maximum Gasteiger partial charge on any atom is 0.241 e. The first-order valence-corrected chi connectivity index (χ1v) is 5.75. The number of rotatable bonds is 4. The Kier molecular flexibility index (Phi) is 4.81. The molecule has 0 N–H and O–H groups in total. The summed E-state index contributed by atoms with van der Waals surface area (Å²) in [4.78, 5) is 14.3. The highest BCUT2D eigenvalue weighted by Crippen LogP contribution is 2.24. The molecule has 19 heavy (non-hydrogen) atoms. The van der Waals surface area contributed by atoms with E-state index in [1.807, 2.05) is 0 Å². The molecule has 1 aromatic carbocycles. The lowest BCUT2D eigenvalue weighted by atomic mass is 10.2. The molecule has 0 aromatic heterocycles. The molecule has 0 saturated heterocycles. The van der Waals surface area contributed by atoms with Crippen molar-refractivity contribution in [2.45, 2.75) is 6.92 Å². The highest BCUT2D eigenvalue weighted by atomic mass is 19.1. The van der Waals surface area contributed by atoms with Crippen LogP contribution in [0.2, 0.25) is 0 Å². The minimum Gasteiger partial charge on any atom is -0.358 e. The van der Waals surface area contributed by atoms with Crippen LogP contribution in [0.5, 0.6) is 0 Å². The Balaban J connectivity index is 3.13. The first-order valence-electron chi connectivity index (χ1n) is 5.75. The zero-order chi connectivity index (χ0) is 14.6. The van der Waals surface area contributed by atoms with Gasteiger partial charge in [-0.2, -0.15) is 5.26 Å². The van der Waals surface area contributed by atoms with Crippen LogP contribution in [-0.2, 0) is 4.79 Å². The van der Waals surface area contributed by atoms with Crippen molar-refractivity contribution in [1.29, 1.82) is 5.26 Å². The Bertz CT molecular complexity index is 500. The number of anilines is 1. The summed E-state index contributed by atoms with van der Waals surface area (Å²) < 4.78 is 27.7. The molecule has 0 heterocycles. The predicted octanol–water partition coefficient (Wildman–Crippen LogP) is 1.75. The average Bonchev–Trinajstić information content (AvgIpc) is 2.35. The van der Waals surface area contributed by atoms with Crippen molar-refractivity contribution in [3.8, 4) is 6.07 Å². The zero-order valence-corrected chi connectivity index (χ0v) is 11.1. The van der Waals surface area contributed by atoms with Gasteiger partial charge in [-0.15, -0.1) is 0 Å². The lowest BCUT2D eigenvalue weighted by Gasteiger charge is -2.25. The van der Waals surface area contributed by atoms with Gasteiger partial charge in [-0.05, 0) is 19.1 Å². The topological polar surface area (TPSA) is 47.3 Å². The van der Waals surface area contributed by atoms with Crippen molar-refractivity contribution in [3.05, 3.63) is 29.3 Å². The van der Waals surface area contributed by atoms with Gasteiger partial charge in [0.25, 0.3) is 0 Å². The molecule has 0 radical (unpaired) electrons. The van der Waals surface area contributed by atoms with E-state index < -0.39 is 11.6 Å². The normalized spacial score (nSPS) is 9.89. The van der Waals surface area contributed by atoms with Crippen molar-refractivity contribution in [2.24, 2.45) is 0 Å². The van der Waals surface area contributed by atoms with Gasteiger partial charge in [0.2, 0.25) is 5.91 Å². The van der Waals surface area contributed by atoms with Crippen LogP contribution < -0.4 is 4.90 Å². The number of carbonyl (C=O) groups is 1. The van der Waals surface area contributed by atoms with Gasteiger partial charge in [0.1, 0.15) is 5.69 Å². The van der Waals surface area contributed by atoms with E-state index in [0.29, 0.717) is 0 Å². The number of nitriles is 1. The summed E-state index contributed by atoms with van der Waals surface area (Å²) in [5.74, 6) is -1.94. The van der Waals surface area contributed by atoms with Crippen molar-refractivity contribution < 1.29 is 13.6 Å². The Labute approximate surface area is 110 Å². The minimum atomic E-state index is -0.843. The molecule has 0 bridgehead atoms. The van der Waals surface area contributed by atoms with Crippen molar-refractivity contribution in [2.75, 3.05) is 32.1 Å². The number of hydrogen-bond donors (Lipinski definition) is 0. The van der Waals surface area contributed by atoms with Crippen LogP contribution in [0.3, 0.4) is 0 Å². The number of nitrogens with zero attached hydrogens (tertiary/aromatic N) is 3. The molecule has 1 aromatic rings. The van der Waals surface area contributed by atoms with E-state index in [4.69, 9.17) is 5.26 Å². The van der Waals surface area contributed by atoms with E-state index in [2.05, 4.69) is 0 Å². The summed E-state index contributed by atoms with van der Waals surface area (Å²) in [6, 6.07) is 3.60. The summed E-state index contributed by atoms with van der Waals surface area (Å²) in [7, 11) is 3.14. The predicted molar refractivity (Wildman–Crippen MR) is 67.7 cm³/mol. The largest absolute Gasteiger partial charge is 0.358 e. The number of amides is 1. The highest BCUT2D eigenvalue weighted by Gasteiger charge is 2.20. The zero-order valence-electron chi connectivity index (χ0n) is 11.1. The summed E-state index contributed by atoms with van der Waals surface area (Å²) in [6.07, 6.45) is 0. The fraction of sp³-hybridized carbons (Fsp3) is 0.385. The van der Waals surface area contributed by atoms with Gasteiger partial charge in [-0.25, -0.2) is 8.78 Å². The first-order chi connectivity index (χ1) is 8.90. The van der Waals surface area contributed by atoms with Crippen LogP contribution in [-0.4, -0.2) is 38.0 Å². The molecule has 0 aliphatic carbocycles. The second-order valence-corrected chi connectivity index (χ2v) is 4.20. The molecule has 0 atom stereocenters. The van der Waals surface area contributed by atoms with Gasteiger partial charge in [-0.3, -0.25) is 4.79 Å². The van der Waals surface area contributed by atoms with Crippen LogP contribution >= 0.6 is 0 Å². The number of benzene rings is 1. The van der Waals surface area contributed by atoms with Crippen LogP contribution in [0.15, 0.2) is 12.1 Å². The monoisotopic (exact) mass is 267 g/mol. The molecule has 0 unspecified atom stereocenters. The molecular weight excluding hydrogens is 252 g/mol. The van der Waals surface area contributed by atoms with Crippen LogP contribution in [0.4, 0.5) is 14.5 Å². The third-order valence-corrected chi connectivity index (χ3v) is 2.67. The molecule has 1 amide bonds. The first kappa shape index (κ1) is 14.9. The van der Waals surface area contributed by atoms with Gasteiger partial charge in [-0.1, -0.05) is 0 Å². The fourth-order valence-corrected chi connectivity index (χ4v) is 1.59. The lowest BCUT2D eigenvalue weighted by Crippen LogP contribution is -2.37. The third kappa shape index (κ3) is 3.41. The molecule has 4 nitrogen and oxygen atoms in total. The van der Waals surface area contributed by atoms with E-state index in [9.17, 15) is 13.6 Å². The third-order valence-electron chi connectivity index (χ3n) is 2.67. The van der Waals surface area contributed by atoms with Gasteiger partial charge < -0.3 is 9.80 Å². The Morgan fingerprint density at radius 2 is 1.84 bits per heavy atom. The van der Waals surface area contributed by atoms with Gasteiger partial charge in [0.15, 0.2) is 11.6 Å². The fourth-order valence-electron chi connectivity index (χ4n) is 1.59. The van der Waals surface area contributed by atoms with Crippen molar-refractivity contribution in [3.63, 3.8) is 0 Å². The Morgan fingerprint density at radius 1 is 1.32 bits per heavy atom. The summed E-state index contributed by atoms with van der Waals surface area (Å²) in [6.45, 7) is 1.85. The molecule has 0 aliphatic rings.